The lowest BCUT2D eigenvalue weighted by molar-refractivity contribution is 0.461. The highest BCUT2D eigenvalue weighted by Crippen LogP contribution is 2.25. The molecule has 0 bridgehead atoms. The van der Waals surface area contributed by atoms with Crippen molar-refractivity contribution in [1.82, 2.24) is 19.5 Å². The summed E-state index contributed by atoms with van der Waals surface area (Å²) in [6.07, 6.45) is 6.45. The number of benzene rings is 2. The van der Waals surface area contributed by atoms with E-state index in [1.165, 1.54) is 6.33 Å². The molecule has 0 atom stereocenters. The number of anilines is 1. The van der Waals surface area contributed by atoms with Crippen LogP contribution in [0.15, 0.2) is 78.5 Å². The van der Waals surface area contributed by atoms with E-state index in [1.54, 1.807) is 72.7 Å². The molecule has 0 saturated carbocycles. The van der Waals surface area contributed by atoms with E-state index in [0.717, 1.165) is 5.56 Å². The van der Waals surface area contributed by atoms with Crippen molar-refractivity contribution in [3.63, 3.8) is 0 Å². The molecule has 4 aromatic rings. The molecule has 0 spiro atoms. The summed E-state index contributed by atoms with van der Waals surface area (Å²) in [6, 6.07) is 13.5. The summed E-state index contributed by atoms with van der Waals surface area (Å²) < 4.78 is 35.5. The number of imidazole rings is 1. The largest absolute Gasteiger partial charge is 0.439 e. The number of aryl methyl sites for hydroxylation is 2. The Hall–Kier alpha value is -3.72. The van der Waals surface area contributed by atoms with Crippen molar-refractivity contribution in [2.45, 2.75) is 18.7 Å². The summed E-state index contributed by atoms with van der Waals surface area (Å²) in [6.45, 7) is 3.70. The van der Waals surface area contributed by atoms with E-state index in [2.05, 4.69) is 19.7 Å². The van der Waals surface area contributed by atoms with Crippen molar-refractivity contribution < 1.29 is 13.2 Å². The fourth-order valence-corrected chi connectivity index (χ4v) is 4.23. The van der Waals surface area contributed by atoms with E-state index >= 15 is 0 Å². The number of hydrogen-bond acceptors (Lipinski definition) is 6. The van der Waals surface area contributed by atoms with Crippen molar-refractivity contribution in [2.24, 2.45) is 0 Å². The molecule has 4 rings (SSSR count). The third-order valence-electron chi connectivity index (χ3n) is 4.35. The van der Waals surface area contributed by atoms with Crippen LogP contribution in [0, 0.1) is 13.8 Å². The van der Waals surface area contributed by atoms with E-state index in [0.29, 0.717) is 28.7 Å². The van der Waals surface area contributed by atoms with Crippen LogP contribution < -0.4 is 9.46 Å². The van der Waals surface area contributed by atoms with Gasteiger partial charge in [0.15, 0.2) is 0 Å². The van der Waals surface area contributed by atoms with Crippen LogP contribution in [0.1, 0.15) is 11.1 Å². The van der Waals surface area contributed by atoms with Gasteiger partial charge < -0.3 is 4.74 Å². The molecule has 2 aromatic carbocycles. The number of aromatic nitrogens is 4. The van der Waals surface area contributed by atoms with Gasteiger partial charge in [0.05, 0.1) is 4.90 Å². The van der Waals surface area contributed by atoms with Crippen molar-refractivity contribution in [2.75, 3.05) is 4.72 Å². The second-order valence-corrected chi connectivity index (χ2v) is 8.34. The molecule has 30 heavy (non-hydrogen) atoms. The Kier molecular flexibility index (Phi) is 5.20. The normalized spacial score (nSPS) is 11.3. The highest BCUT2D eigenvalue weighted by molar-refractivity contribution is 7.92. The van der Waals surface area contributed by atoms with Gasteiger partial charge in [0.1, 0.15) is 24.2 Å². The Morgan fingerprint density at radius 3 is 2.50 bits per heavy atom. The predicted octanol–water partition coefficient (Wildman–Crippen LogP) is 3.87. The lowest BCUT2D eigenvalue weighted by atomic mass is 10.2. The van der Waals surface area contributed by atoms with Gasteiger partial charge in [-0.25, -0.2) is 23.4 Å². The molecule has 1 N–H and O–H groups in total. The van der Waals surface area contributed by atoms with Gasteiger partial charge in [-0.15, -0.1) is 0 Å². The first kappa shape index (κ1) is 19.6. The smallest absolute Gasteiger partial charge is 0.262 e. The van der Waals surface area contributed by atoms with Gasteiger partial charge in [-0.05, 0) is 49.7 Å². The summed E-state index contributed by atoms with van der Waals surface area (Å²) >= 11 is 0. The Morgan fingerprint density at radius 2 is 1.80 bits per heavy atom. The van der Waals surface area contributed by atoms with E-state index in [1.807, 2.05) is 13.0 Å². The third-order valence-corrected chi connectivity index (χ3v) is 5.89. The molecule has 0 fully saturated rings. The first-order valence-corrected chi connectivity index (χ1v) is 10.6. The lowest BCUT2D eigenvalue weighted by Gasteiger charge is -2.12. The van der Waals surface area contributed by atoms with Crippen molar-refractivity contribution in [3.8, 4) is 17.4 Å². The number of ether oxygens (including phenoxy) is 1. The Bertz CT molecular complexity index is 1270. The molecule has 9 heteroatoms. The van der Waals surface area contributed by atoms with E-state index in [-0.39, 0.29) is 4.90 Å². The molecule has 152 valence electrons. The average molecular weight is 421 g/mol. The van der Waals surface area contributed by atoms with E-state index in [4.69, 9.17) is 4.74 Å². The number of hydrogen-bond donors (Lipinski definition) is 1. The number of sulfonamides is 1. The Morgan fingerprint density at radius 1 is 1.00 bits per heavy atom. The van der Waals surface area contributed by atoms with Crippen LogP contribution in [0.2, 0.25) is 0 Å². The SMILES string of the molecule is Cc1ccc(S(=O)(=O)Nc2ccc(Oc3cc(-n4ccnc4)ncn3)cc2)c(C)c1. The predicted molar refractivity (Wildman–Crippen MR) is 112 cm³/mol. The maximum atomic E-state index is 12.7. The summed E-state index contributed by atoms with van der Waals surface area (Å²) in [7, 11) is -3.68. The van der Waals surface area contributed by atoms with Gasteiger partial charge in [-0.3, -0.25) is 9.29 Å². The van der Waals surface area contributed by atoms with Crippen molar-refractivity contribution in [1.29, 1.82) is 0 Å². The van der Waals surface area contributed by atoms with Crippen LogP contribution in [-0.2, 0) is 10.0 Å². The zero-order valence-electron chi connectivity index (χ0n) is 16.4. The Balaban J connectivity index is 1.49. The monoisotopic (exact) mass is 421 g/mol. The van der Waals surface area contributed by atoms with Gasteiger partial charge in [-0.2, -0.15) is 0 Å². The third kappa shape index (κ3) is 4.31. The molecule has 0 aliphatic carbocycles. The maximum Gasteiger partial charge on any atom is 0.262 e. The van der Waals surface area contributed by atoms with Crippen molar-refractivity contribution >= 4 is 15.7 Å². The highest BCUT2D eigenvalue weighted by atomic mass is 32.2. The van der Waals surface area contributed by atoms with Crippen molar-refractivity contribution in [3.05, 3.63) is 84.7 Å². The number of nitrogens with zero attached hydrogens (tertiary/aromatic N) is 4. The van der Waals surface area contributed by atoms with Crippen LogP contribution in [0.3, 0.4) is 0 Å². The van der Waals surface area contributed by atoms with E-state index < -0.39 is 10.0 Å². The Labute approximate surface area is 174 Å². The quantitative estimate of drug-likeness (QED) is 0.507. The summed E-state index contributed by atoms with van der Waals surface area (Å²) in [5.41, 5.74) is 2.14. The second kappa shape index (κ2) is 7.96. The molecule has 0 aliphatic rings. The first-order chi connectivity index (χ1) is 14.4. The minimum absolute atomic E-state index is 0.251. The molecule has 0 aliphatic heterocycles. The first-order valence-electron chi connectivity index (χ1n) is 9.09. The fraction of sp³-hybridized carbons (Fsp3) is 0.0952. The lowest BCUT2D eigenvalue weighted by Crippen LogP contribution is -2.14. The maximum absolute atomic E-state index is 12.7. The summed E-state index contributed by atoms with van der Waals surface area (Å²) in [5.74, 6) is 1.49. The van der Waals surface area contributed by atoms with Gasteiger partial charge in [-0.1, -0.05) is 17.7 Å². The highest BCUT2D eigenvalue weighted by Gasteiger charge is 2.17. The minimum atomic E-state index is -3.68. The summed E-state index contributed by atoms with van der Waals surface area (Å²) in [5, 5.41) is 0. The van der Waals surface area contributed by atoms with Gasteiger partial charge in [0, 0.05) is 24.1 Å². The average Bonchev–Trinajstić information content (AvgIpc) is 3.24. The van der Waals surface area contributed by atoms with Crippen LogP contribution in [0.25, 0.3) is 5.82 Å². The van der Waals surface area contributed by atoms with Crippen LogP contribution in [0.5, 0.6) is 11.6 Å². The number of rotatable bonds is 6. The second-order valence-electron chi connectivity index (χ2n) is 6.69. The number of nitrogens with one attached hydrogen (secondary N) is 1. The van der Waals surface area contributed by atoms with Crippen LogP contribution >= 0.6 is 0 Å². The van der Waals surface area contributed by atoms with Gasteiger partial charge >= 0.3 is 0 Å². The molecular formula is C21H19N5O3S. The topological polar surface area (TPSA) is 99.0 Å². The molecule has 0 saturated heterocycles. The van der Waals surface area contributed by atoms with E-state index in [9.17, 15) is 8.42 Å². The molecule has 2 heterocycles. The van der Waals surface area contributed by atoms with Crippen LogP contribution in [-0.4, -0.2) is 27.9 Å². The zero-order valence-corrected chi connectivity index (χ0v) is 17.2. The fourth-order valence-electron chi connectivity index (χ4n) is 2.94. The van der Waals surface area contributed by atoms with Gasteiger partial charge in [0.25, 0.3) is 10.0 Å². The zero-order chi connectivity index (χ0) is 21.1. The molecule has 8 nitrogen and oxygen atoms in total. The minimum Gasteiger partial charge on any atom is -0.439 e. The van der Waals surface area contributed by atoms with Crippen LogP contribution in [0.4, 0.5) is 5.69 Å². The summed E-state index contributed by atoms with van der Waals surface area (Å²) in [4.78, 5) is 12.5. The molecule has 0 radical (unpaired) electrons. The molecule has 2 aromatic heterocycles. The molecular weight excluding hydrogens is 402 g/mol. The standard InChI is InChI=1S/C21H19N5O3S/c1-15-3-8-19(16(2)11-15)30(27,28)25-17-4-6-18(7-5-17)29-21-12-20(23-13-24-21)26-10-9-22-14-26/h3-14,25H,1-2H3. The van der Waals surface area contributed by atoms with Gasteiger partial charge in [0.2, 0.25) is 5.88 Å². The molecule has 0 amide bonds. The molecule has 0 unspecified atom stereocenters.